The van der Waals surface area contributed by atoms with Crippen LogP contribution in [0.25, 0.3) is 0 Å². The van der Waals surface area contributed by atoms with Crippen LogP contribution in [0.2, 0.25) is 0 Å². The lowest BCUT2D eigenvalue weighted by atomic mass is 10.0. The van der Waals surface area contributed by atoms with Crippen LogP contribution in [-0.2, 0) is 9.59 Å². The molecule has 2 N–H and O–H groups in total. The molecule has 2 fully saturated rings. The molecule has 0 radical (unpaired) electrons. The van der Waals surface area contributed by atoms with Crippen molar-refractivity contribution in [2.75, 3.05) is 30.9 Å². The minimum Gasteiger partial charge on any atom is -0.493 e. The highest BCUT2D eigenvalue weighted by atomic mass is 16.5. The molecule has 34 heavy (non-hydrogen) atoms. The van der Waals surface area contributed by atoms with Crippen LogP contribution in [0.4, 0.5) is 11.4 Å². The quantitative estimate of drug-likeness (QED) is 0.541. The monoisotopic (exact) mass is 464 g/mol. The predicted molar refractivity (Wildman–Crippen MR) is 133 cm³/mol. The zero-order chi connectivity index (χ0) is 23.9. The van der Waals surface area contributed by atoms with E-state index in [1.165, 1.54) is 19.8 Å². The molecule has 4 rings (SSSR count). The number of benzene rings is 2. The standard InChI is InChI=1S/C26H32N4O4/c1-18(31)28-21-9-11-22(12-10-21)29-26(32)23-5-3-4-14-30(23)27-16-20-8-13-24(25(15-20)33-2)34-17-19-6-7-19/h8-13,15-16,19,23H,3-7,14,17H2,1-2H3,(H,28,31)(H,29,32)/b27-16+. The molecule has 8 nitrogen and oxygen atoms in total. The van der Waals surface area contributed by atoms with E-state index in [0.29, 0.717) is 23.0 Å². The third-order valence-electron chi connectivity index (χ3n) is 5.96. The minimum atomic E-state index is -0.344. The second-order valence-corrected chi connectivity index (χ2v) is 8.83. The van der Waals surface area contributed by atoms with Gasteiger partial charge < -0.3 is 20.1 Å². The molecule has 2 aromatic rings. The third-order valence-corrected chi connectivity index (χ3v) is 5.96. The Hall–Kier alpha value is -3.55. The van der Waals surface area contributed by atoms with E-state index in [9.17, 15) is 9.59 Å². The number of piperidine rings is 1. The van der Waals surface area contributed by atoms with E-state index in [1.807, 2.05) is 23.2 Å². The predicted octanol–water partition coefficient (Wildman–Crippen LogP) is 4.27. The van der Waals surface area contributed by atoms with Crippen LogP contribution in [0.5, 0.6) is 11.5 Å². The molecule has 2 amide bonds. The van der Waals surface area contributed by atoms with Gasteiger partial charge in [0.15, 0.2) is 11.5 Å². The van der Waals surface area contributed by atoms with Crippen LogP contribution in [0.15, 0.2) is 47.6 Å². The summed E-state index contributed by atoms with van der Waals surface area (Å²) in [6.07, 6.45) is 6.95. The van der Waals surface area contributed by atoms with Gasteiger partial charge in [-0.25, -0.2) is 0 Å². The van der Waals surface area contributed by atoms with Gasteiger partial charge in [-0.2, -0.15) is 5.10 Å². The van der Waals surface area contributed by atoms with Gasteiger partial charge in [-0.3, -0.25) is 14.6 Å². The summed E-state index contributed by atoms with van der Waals surface area (Å²) >= 11 is 0. The molecule has 2 aromatic carbocycles. The maximum absolute atomic E-state index is 13.0. The van der Waals surface area contributed by atoms with E-state index >= 15 is 0 Å². The molecule has 180 valence electrons. The summed E-state index contributed by atoms with van der Waals surface area (Å²) in [5.41, 5.74) is 2.25. The highest BCUT2D eigenvalue weighted by Gasteiger charge is 2.28. The molecule has 2 aliphatic rings. The van der Waals surface area contributed by atoms with Crippen molar-refractivity contribution in [3.63, 3.8) is 0 Å². The number of rotatable bonds is 9. The maximum atomic E-state index is 13.0. The number of hydrogen-bond donors (Lipinski definition) is 2. The van der Waals surface area contributed by atoms with E-state index < -0.39 is 0 Å². The van der Waals surface area contributed by atoms with Crippen molar-refractivity contribution >= 4 is 29.4 Å². The fraction of sp³-hybridized carbons (Fsp3) is 0.423. The Bertz CT molecular complexity index is 1030. The van der Waals surface area contributed by atoms with Crippen molar-refractivity contribution in [3.05, 3.63) is 48.0 Å². The summed E-state index contributed by atoms with van der Waals surface area (Å²) in [6.45, 7) is 2.90. The van der Waals surface area contributed by atoms with Crippen molar-refractivity contribution in [2.45, 2.75) is 45.1 Å². The molecule has 1 heterocycles. The van der Waals surface area contributed by atoms with E-state index in [2.05, 4.69) is 15.7 Å². The molecule has 0 aromatic heterocycles. The lowest BCUT2D eigenvalue weighted by Gasteiger charge is -2.32. The van der Waals surface area contributed by atoms with Crippen molar-refractivity contribution < 1.29 is 19.1 Å². The first kappa shape index (κ1) is 23.6. The molecular weight excluding hydrogens is 432 g/mol. The summed E-state index contributed by atoms with van der Waals surface area (Å²) in [7, 11) is 1.63. The summed E-state index contributed by atoms with van der Waals surface area (Å²) in [5.74, 6) is 1.87. The molecule has 0 bridgehead atoms. The average Bonchev–Trinajstić information content (AvgIpc) is 3.67. The fourth-order valence-electron chi connectivity index (χ4n) is 3.90. The van der Waals surface area contributed by atoms with E-state index in [-0.39, 0.29) is 17.9 Å². The number of amides is 2. The van der Waals surface area contributed by atoms with Crippen molar-refractivity contribution in [1.29, 1.82) is 0 Å². The van der Waals surface area contributed by atoms with Crippen molar-refractivity contribution in [3.8, 4) is 11.5 Å². The first-order chi connectivity index (χ1) is 16.5. The molecular formula is C26H32N4O4. The molecule has 1 aliphatic heterocycles. The van der Waals surface area contributed by atoms with E-state index in [4.69, 9.17) is 9.47 Å². The zero-order valence-electron chi connectivity index (χ0n) is 19.8. The van der Waals surface area contributed by atoms with Gasteiger partial charge in [-0.05, 0) is 86.1 Å². The van der Waals surface area contributed by atoms with Crippen LogP contribution >= 0.6 is 0 Å². The molecule has 1 saturated heterocycles. The van der Waals surface area contributed by atoms with Gasteiger partial charge in [-0.1, -0.05) is 0 Å². The molecule has 1 saturated carbocycles. The van der Waals surface area contributed by atoms with Crippen LogP contribution in [0.3, 0.4) is 0 Å². The zero-order valence-corrected chi connectivity index (χ0v) is 19.8. The normalized spacial score (nSPS) is 17.9. The number of nitrogens with one attached hydrogen (secondary N) is 2. The van der Waals surface area contributed by atoms with E-state index in [0.717, 1.165) is 43.7 Å². The Morgan fingerprint density at radius 3 is 2.44 bits per heavy atom. The number of hydrazone groups is 1. The van der Waals surface area contributed by atoms with Crippen LogP contribution in [-0.4, -0.2) is 49.3 Å². The van der Waals surface area contributed by atoms with Gasteiger partial charge in [0.2, 0.25) is 11.8 Å². The van der Waals surface area contributed by atoms with Crippen LogP contribution in [0.1, 0.15) is 44.6 Å². The molecule has 0 spiro atoms. The third kappa shape index (κ3) is 6.50. The molecule has 8 heteroatoms. The van der Waals surface area contributed by atoms with Gasteiger partial charge in [0, 0.05) is 24.8 Å². The molecule has 1 atom stereocenters. The highest BCUT2D eigenvalue weighted by Crippen LogP contribution is 2.33. The lowest BCUT2D eigenvalue weighted by Crippen LogP contribution is -2.44. The smallest absolute Gasteiger partial charge is 0.248 e. The topological polar surface area (TPSA) is 92.3 Å². The number of anilines is 2. The Morgan fingerprint density at radius 1 is 1.03 bits per heavy atom. The number of carbonyl (C=O) groups excluding carboxylic acids is 2. The second kappa shape index (κ2) is 11.0. The first-order valence-electron chi connectivity index (χ1n) is 11.8. The van der Waals surface area contributed by atoms with Gasteiger partial charge in [0.25, 0.3) is 0 Å². The van der Waals surface area contributed by atoms with Crippen molar-refractivity contribution in [1.82, 2.24) is 5.01 Å². The SMILES string of the molecule is COc1cc(/C=N/N2CCCCC2C(=O)Nc2ccc(NC(C)=O)cc2)ccc1OCC1CC1. The van der Waals surface area contributed by atoms with Gasteiger partial charge in [0.1, 0.15) is 6.04 Å². The number of methoxy groups -OCH3 is 1. The number of ether oxygens (including phenoxy) is 2. The number of nitrogens with zero attached hydrogens (tertiary/aromatic N) is 2. The number of hydrogen-bond acceptors (Lipinski definition) is 6. The first-order valence-corrected chi connectivity index (χ1v) is 11.8. The Morgan fingerprint density at radius 2 is 1.76 bits per heavy atom. The summed E-state index contributed by atoms with van der Waals surface area (Å²) in [6, 6.07) is 12.5. The van der Waals surface area contributed by atoms with Crippen LogP contribution < -0.4 is 20.1 Å². The Labute approximate surface area is 200 Å². The van der Waals surface area contributed by atoms with E-state index in [1.54, 1.807) is 37.6 Å². The lowest BCUT2D eigenvalue weighted by molar-refractivity contribution is -0.122. The molecule has 1 unspecified atom stereocenters. The highest BCUT2D eigenvalue weighted by molar-refractivity contribution is 5.95. The van der Waals surface area contributed by atoms with Gasteiger partial charge in [0.05, 0.1) is 19.9 Å². The minimum absolute atomic E-state index is 0.0921. The summed E-state index contributed by atoms with van der Waals surface area (Å²) in [5, 5.41) is 12.2. The van der Waals surface area contributed by atoms with Crippen LogP contribution in [0, 0.1) is 5.92 Å². The number of carbonyl (C=O) groups is 2. The Balaban J connectivity index is 1.39. The molecule has 1 aliphatic carbocycles. The summed E-state index contributed by atoms with van der Waals surface area (Å²) < 4.78 is 11.4. The average molecular weight is 465 g/mol. The fourth-order valence-corrected chi connectivity index (χ4v) is 3.90. The largest absolute Gasteiger partial charge is 0.493 e. The summed E-state index contributed by atoms with van der Waals surface area (Å²) in [4.78, 5) is 24.2. The Kier molecular flexibility index (Phi) is 7.67. The van der Waals surface area contributed by atoms with Gasteiger partial charge in [-0.15, -0.1) is 0 Å². The van der Waals surface area contributed by atoms with Crippen molar-refractivity contribution in [2.24, 2.45) is 11.0 Å². The second-order valence-electron chi connectivity index (χ2n) is 8.83. The van der Waals surface area contributed by atoms with Gasteiger partial charge >= 0.3 is 0 Å². The maximum Gasteiger partial charge on any atom is 0.248 e.